The molecule has 0 saturated carbocycles. The molecule has 0 aliphatic heterocycles. The van der Waals surface area contributed by atoms with Gasteiger partial charge < -0.3 is 5.32 Å². The first kappa shape index (κ1) is 16.7. The number of nitrogens with zero attached hydrogens (tertiary/aromatic N) is 5. The molecule has 1 amide bonds. The predicted molar refractivity (Wildman–Crippen MR) is 101 cm³/mol. The van der Waals surface area contributed by atoms with Gasteiger partial charge in [0.25, 0.3) is 5.91 Å². The van der Waals surface area contributed by atoms with E-state index in [0.717, 1.165) is 16.9 Å². The summed E-state index contributed by atoms with van der Waals surface area (Å²) in [5, 5.41) is 15.3. The minimum atomic E-state index is -0.244. The molecule has 1 N–H and O–H groups in total. The van der Waals surface area contributed by atoms with E-state index in [0.29, 0.717) is 5.69 Å². The zero-order valence-corrected chi connectivity index (χ0v) is 14.7. The molecule has 0 radical (unpaired) electrons. The lowest BCUT2D eigenvalue weighted by Gasteiger charge is -2.18. The highest BCUT2D eigenvalue weighted by Gasteiger charge is 2.19. The summed E-state index contributed by atoms with van der Waals surface area (Å²) in [7, 11) is 0. The van der Waals surface area contributed by atoms with Crippen LogP contribution in [0.25, 0.3) is 11.4 Å². The second-order valence-corrected chi connectivity index (χ2v) is 6.07. The van der Waals surface area contributed by atoms with E-state index in [1.807, 2.05) is 73.8 Å². The van der Waals surface area contributed by atoms with Gasteiger partial charge in [-0.15, -0.1) is 5.10 Å². The third-order valence-corrected chi connectivity index (χ3v) is 4.28. The number of carbonyl (C=O) groups excluding carboxylic acids is 1. The quantitative estimate of drug-likeness (QED) is 0.595. The molecule has 0 unspecified atom stereocenters. The molecule has 4 rings (SSSR count). The average molecular weight is 358 g/mol. The summed E-state index contributed by atoms with van der Waals surface area (Å²) in [5.41, 5.74) is 3.05. The zero-order chi connectivity index (χ0) is 18.6. The predicted octanol–water partition coefficient (Wildman–Crippen LogP) is 2.94. The Morgan fingerprint density at radius 2 is 1.81 bits per heavy atom. The van der Waals surface area contributed by atoms with Crippen LogP contribution in [0.15, 0.2) is 79.3 Å². The summed E-state index contributed by atoms with van der Waals surface area (Å²) in [6.45, 7) is 1.94. The summed E-state index contributed by atoms with van der Waals surface area (Å²) in [5.74, 6) is -0.244. The molecular formula is C20H18N6O. The fraction of sp³-hybridized carbons (Fsp3) is 0.100. The van der Waals surface area contributed by atoms with Crippen molar-refractivity contribution in [2.24, 2.45) is 0 Å². The van der Waals surface area contributed by atoms with Gasteiger partial charge in [-0.25, -0.2) is 9.36 Å². The topological polar surface area (TPSA) is 77.6 Å². The van der Waals surface area contributed by atoms with Crippen molar-refractivity contribution in [3.05, 3.63) is 90.5 Å². The molecule has 7 nitrogen and oxygen atoms in total. The minimum absolute atomic E-state index is 0.225. The molecule has 2 aromatic carbocycles. The smallest absolute Gasteiger partial charge is 0.272 e. The first-order chi connectivity index (χ1) is 13.2. The summed E-state index contributed by atoms with van der Waals surface area (Å²) in [4.78, 5) is 12.8. The third-order valence-electron chi connectivity index (χ3n) is 4.28. The van der Waals surface area contributed by atoms with Gasteiger partial charge >= 0.3 is 0 Å². The molecule has 134 valence electrons. The Morgan fingerprint density at radius 3 is 2.59 bits per heavy atom. The summed E-state index contributed by atoms with van der Waals surface area (Å²) in [6, 6.07) is 18.9. The number of hydrogen-bond acceptors (Lipinski definition) is 4. The van der Waals surface area contributed by atoms with Crippen LogP contribution in [0, 0.1) is 0 Å². The Bertz CT molecular complexity index is 1040. The van der Waals surface area contributed by atoms with Gasteiger partial charge in [-0.2, -0.15) is 5.10 Å². The number of rotatable bonds is 5. The number of para-hydroxylation sites is 2. The molecule has 0 saturated heterocycles. The van der Waals surface area contributed by atoms with Crippen molar-refractivity contribution in [1.82, 2.24) is 30.1 Å². The number of carbonyl (C=O) groups is 1. The lowest BCUT2D eigenvalue weighted by molar-refractivity contribution is 0.0932. The van der Waals surface area contributed by atoms with Gasteiger partial charge in [-0.05, 0) is 36.8 Å². The zero-order valence-electron chi connectivity index (χ0n) is 14.7. The van der Waals surface area contributed by atoms with Crippen molar-refractivity contribution in [3.8, 4) is 11.4 Å². The van der Waals surface area contributed by atoms with Gasteiger partial charge in [0.2, 0.25) is 0 Å². The van der Waals surface area contributed by atoms with Crippen LogP contribution in [0.2, 0.25) is 0 Å². The van der Waals surface area contributed by atoms with Crippen molar-refractivity contribution < 1.29 is 4.79 Å². The number of amides is 1. The number of aromatic nitrogens is 5. The monoisotopic (exact) mass is 358 g/mol. The maximum atomic E-state index is 12.8. The van der Waals surface area contributed by atoms with Crippen LogP contribution in [-0.2, 0) is 0 Å². The minimum Gasteiger partial charge on any atom is -0.344 e. The Hall–Kier alpha value is -3.74. The standard InChI is InChI=1S/C20H18N6O/c1-15(17-10-5-6-11-18(17)25-13-7-12-22-25)23-20(27)19-14-21-24-26(19)16-8-3-2-4-9-16/h2-15H,1H3,(H,23,27)/t15-/m0/s1. The van der Waals surface area contributed by atoms with Crippen LogP contribution in [0.1, 0.15) is 29.0 Å². The van der Waals surface area contributed by atoms with Gasteiger partial charge in [-0.3, -0.25) is 4.79 Å². The first-order valence-corrected chi connectivity index (χ1v) is 8.60. The maximum absolute atomic E-state index is 12.8. The van der Waals surface area contributed by atoms with Crippen molar-refractivity contribution in [2.75, 3.05) is 0 Å². The average Bonchev–Trinajstić information content (AvgIpc) is 3.40. The van der Waals surface area contributed by atoms with Gasteiger partial charge in [0.15, 0.2) is 5.69 Å². The fourth-order valence-electron chi connectivity index (χ4n) is 2.97. The first-order valence-electron chi connectivity index (χ1n) is 8.60. The van der Waals surface area contributed by atoms with Crippen molar-refractivity contribution in [2.45, 2.75) is 13.0 Å². The molecule has 0 aliphatic carbocycles. The van der Waals surface area contributed by atoms with Gasteiger partial charge in [-0.1, -0.05) is 41.6 Å². The van der Waals surface area contributed by atoms with Crippen LogP contribution in [0.4, 0.5) is 0 Å². The van der Waals surface area contributed by atoms with E-state index in [4.69, 9.17) is 0 Å². The van der Waals surface area contributed by atoms with Gasteiger partial charge in [0, 0.05) is 12.4 Å². The van der Waals surface area contributed by atoms with E-state index >= 15 is 0 Å². The highest BCUT2D eigenvalue weighted by molar-refractivity contribution is 5.93. The Kier molecular flexibility index (Phi) is 4.49. The molecule has 4 aromatic rings. The molecule has 0 fully saturated rings. The van der Waals surface area contributed by atoms with Crippen LogP contribution < -0.4 is 5.32 Å². The van der Waals surface area contributed by atoms with E-state index < -0.39 is 0 Å². The second-order valence-electron chi connectivity index (χ2n) is 6.07. The molecule has 2 heterocycles. The fourth-order valence-corrected chi connectivity index (χ4v) is 2.97. The number of nitrogens with one attached hydrogen (secondary N) is 1. The van der Waals surface area contributed by atoms with Gasteiger partial charge in [0.1, 0.15) is 0 Å². The van der Waals surface area contributed by atoms with E-state index in [-0.39, 0.29) is 11.9 Å². The van der Waals surface area contributed by atoms with Gasteiger partial charge in [0.05, 0.1) is 23.6 Å². The van der Waals surface area contributed by atoms with Crippen molar-refractivity contribution >= 4 is 5.91 Å². The lowest BCUT2D eigenvalue weighted by atomic mass is 10.1. The lowest BCUT2D eigenvalue weighted by Crippen LogP contribution is -2.29. The largest absolute Gasteiger partial charge is 0.344 e. The highest BCUT2D eigenvalue weighted by Crippen LogP contribution is 2.21. The summed E-state index contributed by atoms with van der Waals surface area (Å²) < 4.78 is 3.31. The van der Waals surface area contributed by atoms with Crippen LogP contribution in [0.3, 0.4) is 0 Å². The summed E-state index contributed by atoms with van der Waals surface area (Å²) in [6.07, 6.45) is 5.07. The normalized spacial score (nSPS) is 11.9. The molecule has 2 aromatic heterocycles. The van der Waals surface area contributed by atoms with E-state index in [1.165, 1.54) is 10.9 Å². The van der Waals surface area contributed by atoms with Crippen LogP contribution in [-0.4, -0.2) is 30.7 Å². The third kappa shape index (κ3) is 3.35. The second kappa shape index (κ2) is 7.25. The Balaban J connectivity index is 1.60. The number of hydrogen-bond donors (Lipinski definition) is 1. The van der Waals surface area contributed by atoms with E-state index in [9.17, 15) is 4.79 Å². The molecule has 0 spiro atoms. The molecule has 0 bridgehead atoms. The molecular weight excluding hydrogens is 340 g/mol. The van der Waals surface area contributed by atoms with Crippen LogP contribution in [0.5, 0.6) is 0 Å². The number of benzene rings is 2. The maximum Gasteiger partial charge on any atom is 0.272 e. The Morgan fingerprint density at radius 1 is 1.04 bits per heavy atom. The summed E-state index contributed by atoms with van der Waals surface area (Å²) >= 11 is 0. The van der Waals surface area contributed by atoms with Crippen molar-refractivity contribution in [1.29, 1.82) is 0 Å². The SMILES string of the molecule is C[C@H](NC(=O)c1cnnn1-c1ccccc1)c1ccccc1-n1cccn1. The van der Waals surface area contributed by atoms with E-state index in [2.05, 4.69) is 20.7 Å². The molecule has 1 atom stereocenters. The molecule has 27 heavy (non-hydrogen) atoms. The molecule has 7 heteroatoms. The van der Waals surface area contributed by atoms with Crippen LogP contribution >= 0.6 is 0 Å². The van der Waals surface area contributed by atoms with E-state index in [1.54, 1.807) is 10.9 Å². The highest BCUT2D eigenvalue weighted by atomic mass is 16.2. The van der Waals surface area contributed by atoms with Crippen molar-refractivity contribution in [3.63, 3.8) is 0 Å². The molecule has 0 aliphatic rings. The Labute approximate surface area is 156 Å².